The third kappa shape index (κ3) is 5.61. The van der Waals surface area contributed by atoms with Gasteiger partial charge in [0.1, 0.15) is 5.82 Å². The molecule has 1 saturated carbocycles. The Hall–Kier alpha value is -3.46. The maximum atomic E-state index is 13.1. The number of hydrogen-bond donors (Lipinski definition) is 2. The van der Waals surface area contributed by atoms with Crippen molar-refractivity contribution < 1.29 is 22.3 Å². The van der Waals surface area contributed by atoms with Gasteiger partial charge >= 0.3 is 0 Å². The van der Waals surface area contributed by atoms with Gasteiger partial charge in [-0.15, -0.1) is 0 Å². The quantitative estimate of drug-likeness (QED) is 0.512. The Morgan fingerprint density at radius 1 is 1.06 bits per heavy atom. The Morgan fingerprint density at radius 2 is 1.81 bits per heavy atom. The number of nitrogens with one attached hydrogen (secondary N) is 2. The molecule has 7 nitrogen and oxygen atoms in total. The number of pyridine rings is 1. The average Bonchev–Trinajstić information content (AvgIpc) is 3.62. The van der Waals surface area contributed by atoms with E-state index >= 15 is 0 Å². The van der Waals surface area contributed by atoms with Crippen molar-refractivity contribution in [1.29, 1.82) is 0 Å². The van der Waals surface area contributed by atoms with E-state index in [2.05, 4.69) is 15.0 Å². The van der Waals surface area contributed by atoms with Crippen LogP contribution in [0, 0.1) is 11.7 Å². The zero-order valence-corrected chi connectivity index (χ0v) is 17.9. The van der Waals surface area contributed by atoms with E-state index in [4.69, 9.17) is 4.74 Å². The first-order chi connectivity index (χ1) is 15.4. The second kappa shape index (κ2) is 9.35. The highest BCUT2D eigenvalue weighted by Gasteiger charge is 2.22. The van der Waals surface area contributed by atoms with Gasteiger partial charge in [0.15, 0.2) is 0 Å². The van der Waals surface area contributed by atoms with Crippen LogP contribution < -0.4 is 14.8 Å². The maximum Gasteiger partial charge on any atom is 0.261 e. The van der Waals surface area contributed by atoms with E-state index < -0.39 is 21.7 Å². The molecule has 1 amide bonds. The number of ether oxygens (including phenoxy) is 1. The molecule has 1 aromatic heterocycles. The normalized spacial score (nSPS) is 13.4. The van der Waals surface area contributed by atoms with Crippen molar-refractivity contribution in [2.24, 2.45) is 5.92 Å². The molecule has 166 valence electrons. The third-order valence-corrected chi connectivity index (χ3v) is 6.34. The molecule has 0 unspecified atom stereocenters. The fourth-order valence-corrected chi connectivity index (χ4v) is 4.03. The van der Waals surface area contributed by atoms with Gasteiger partial charge in [-0.1, -0.05) is 18.2 Å². The molecule has 0 radical (unpaired) electrons. The molecular formula is C23H22FN3O4S. The molecule has 2 N–H and O–H groups in total. The lowest BCUT2D eigenvalue weighted by Gasteiger charge is -2.13. The van der Waals surface area contributed by atoms with Crippen LogP contribution in [-0.2, 0) is 16.6 Å². The largest absolute Gasteiger partial charge is 0.477 e. The highest BCUT2D eigenvalue weighted by Crippen LogP contribution is 2.29. The number of amides is 1. The minimum Gasteiger partial charge on any atom is -0.477 e. The van der Waals surface area contributed by atoms with Crippen LogP contribution in [-0.4, -0.2) is 25.9 Å². The molecule has 9 heteroatoms. The van der Waals surface area contributed by atoms with E-state index in [1.165, 1.54) is 25.0 Å². The molecule has 0 saturated heterocycles. The number of halogens is 1. The van der Waals surface area contributed by atoms with Crippen LogP contribution in [0.15, 0.2) is 71.8 Å². The summed E-state index contributed by atoms with van der Waals surface area (Å²) in [6.45, 7) is 0.890. The summed E-state index contributed by atoms with van der Waals surface area (Å²) in [5, 5.41) is 2.76. The Balaban J connectivity index is 1.40. The Morgan fingerprint density at radius 3 is 2.50 bits per heavy atom. The van der Waals surface area contributed by atoms with E-state index in [-0.39, 0.29) is 22.7 Å². The number of nitrogens with zero attached hydrogens (tertiary/aromatic N) is 1. The first kappa shape index (κ1) is 21.8. The monoisotopic (exact) mass is 455 g/mol. The first-order valence-electron chi connectivity index (χ1n) is 10.1. The first-order valence-corrected chi connectivity index (χ1v) is 11.6. The molecule has 0 spiro atoms. The molecule has 0 bridgehead atoms. The van der Waals surface area contributed by atoms with Gasteiger partial charge in [0.05, 0.1) is 22.8 Å². The molecule has 1 fully saturated rings. The molecule has 1 heterocycles. The second-order valence-corrected chi connectivity index (χ2v) is 9.23. The summed E-state index contributed by atoms with van der Waals surface area (Å²) in [4.78, 5) is 16.9. The molecule has 0 aliphatic heterocycles. The SMILES string of the molecule is O=C(NCc1ccc(OCC2CC2)nc1)c1ccccc1NS(=O)(=O)c1ccc(F)cc1. The zero-order chi connectivity index (χ0) is 22.6. The van der Waals surface area contributed by atoms with Crippen LogP contribution in [0.4, 0.5) is 10.1 Å². The summed E-state index contributed by atoms with van der Waals surface area (Å²) < 4.78 is 46.3. The topological polar surface area (TPSA) is 97.4 Å². The number of sulfonamides is 1. The zero-order valence-electron chi connectivity index (χ0n) is 17.1. The molecule has 2 aromatic carbocycles. The van der Waals surface area contributed by atoms with E-state index in [0.29, 0.717) is 18.4 Å². The predicted molar refractivity (Wildman–Crippen MR) is 117 cm³/mol. The minimum atomic E-state index is -3.99. The lowest BCUT2D eigenvalue weighted by atomic mass is 10.1. The second-order valence-electron chi connectivity index (χ2n) is 7.55. The van der Waals surface area contributed by atoms with Crippen molar-refractivity contribution in [2.45, 2.75) is 24.3 Å². The molecule has 0 atom stereocenters. The van der Waals surface area contributed by atoms with E-state index in [1.807, 2.05) is 6.07 Å². The standard InChI is InChI=1S/C23H22FN3O4S/c24-18-8-10-19(11-9-18)32(29,30)27-21-4-2-1-3-20(21)23(28)26-14-17-7-12-22(25-13-17)31-15-16-5-6-16/h1-4,7-13,16,27H,5-6,14-15H2,(H,26,28). The van der Waals surface area contributed by atoms with Gasteiger partial charge in [-0.25, -0.2) is 17.8 Å². The smallest absolute Gasteiger partial charge is 0.261 e. The van der Waals surface area contributed by atoms with Crippen LogP contribution in [0.1, 0.15) is 28.8 Å². The number of anilines is 1. The van der Waals surface area contributed by atoms with Crippen molar-refractivity contribution in [2.75, 3.05) is 11.3 Å². The Labute approximate surface area is 185 Å². The summed E-state index contributed by atoms with van der Waals surface area (Å²) >= 11 is 0. The fourth-order valence-electron chi connectivity index (χ4n) is 2.95. The number of para-hydroxylation sites is 1. The van der Waals surface area contributed by atoms with E-state index in [1.54, 1.807) is 24.4 Å². The van der Waals surface area contributed by atoms with Crippen molar-refractivity contribution in [1.82, 2.24) is 10.3 Å². The number of hydrogen-bond acceptors (Lipinski definition) is 5. The van der Waals surface area contributed by atoms with Gasteiger partial charge in [-0.2, -0.15) is 0 Å². The summed E-state index contributed by atoms with van der Waals surface area (Å²) in [5.41, 5.74) is 1.06. The maximum absolute atomic E-state index is 13.1. The van der Waals surface area contributed by atoms with Crippen molar-refractivity contribution in [3.63, 3.8) is 0 Å². The van der Waals surface area contributed by atoms with Crippen LogP contribution >= 0.6 is 0 Å². The van der Waals surface area contributed by atoms with Crippen molar-refractivity contribution in [3.8, 4) is 5.88 Å². The van der Waals surface area contributed by atoms with Crippen LogP contribution in [0.5, 0.6) is 5.88 Å². The Kier molecular flexibility index (Phi) is 6.36. The predicted octanol–water partition coefficient (Wildman–Crippen LogP) is 3.74. The molecule has 32 heavy (non-hydrogen) atoms. The summed E-state index contributed by atoms with van der Waals surface area (Å²) in [5.74, 6) is 0.195. The number of aromatic nitrogens is 1. The van der Waals surface area contributed by atoms with Crippen LogP contribution in [0.2, 0.25) is 0 Å². The minimum absolute atomic E-state index is 0.107. The number of benzene rings is 2. The fraction of sp³-hybridized carbons (Fsp3) is 0.217. The van der Waals surface area contributed by atoms with Gasteiger partial charge in [-0.3, -0.25) is 9.52 Å². The van der Waals surface area contributed by atoms with Crippen LogP contribution in [0.25, 0.3) is 0 Å². The van der Waals surface area contributed by atoms with Gasteiger partial charge in [0.2, 0.25) is 5.88 Å². The van der Waals surface area contributed by atoms with E-state index in [0.717, 1.165) is 29.8 Å². The molecular weight excluding hydrogens is 433 g/mol. The van der Waals surface area contributed by atoms with Gasteiger partial charge in [0.25, 0.3) is 15.9 Å². The average molecular weight is 456 g/mol. The number of rotatable bonds is 9. The highest BCUT2D eigenvalue weighted by atomic mass is 32.2. The van der Waals surface area contributed by atoms with Crippen molar-refractivity contribution >= 4 is 21.6 Å². The lowest BCUT2D eigenvalue weighted by molar-refractivity contribution is 0.0952. The molecule has 1 aliphatic rings. The summed E-state index contributed by atoms with van der Waals surface area (Å²) in [7, 11) is -3.99. The van der Waals surface area contributed by atoms with Crippen LogP contribution in [0.3, 0.4) is 0 Å². The molecule has 3 aromatic rings. The molecule has 4 rings (SSSR count). The van der Waals surface area contributed by atoms with Gasteiger partial charge < -0.3 is 10.1 Å². The number of carbonyl (C=O) groups excluding carboxylic acids is 1. The third-order valence-electron chi connectivity index (χ3n) is 4.95. The van der Waals surface area contributed by atoms with Crippen molar-refractivity contribution in [3.05, 3.63) is 83.8 Å². The molecule has 1 aliphatic carbocycles. The van der Waals surface area contributed by atoms with Gasteiger partial charge in [-0.05, 0) is 60.7 Å². The highest BCUT2D eigenvalue weighted by molar-refractivity contribution is 7.92. The lowest BCUT2D eigenvalue weighted by Crippen LogP contribution is -2.25. The Bertz CT molecular complexity index is 1190. The summed E-state index contributed by atoms with van der Waals surface area (Å²) in [6.07, 6.45) is 4.03. The van der Waals surface area contributed by atoms with Gasteiger partial charge in [0, 0.05) is 18.8 Å². The van der Waals surface area contributed by atoms with E-state index in [9.17, 15) is 17.6 Å². The summed E-state index contributed by atoms with van der Waals surface area (Å²) in [6, 6.07) is 14.3. The number of carbonyl (C=O) groups is 1.